The lowest BCUT2D eigenvalue weighted by Crippen LogP contribution is -2.42. The van der Waals surface area contributed by atoms with Crippen molar-refractivity contribution in [3.8, 4) is 0 Å². The summed E-state index contributed by atoms with van der Waals surface area (Å²) in [5, 5.41) is 0. The van der Waals surface area contributed by atoms with Gasteiger partial charge in [0.1, 0.15) is 0 Å². The van der Waals surface area contributed by atoms with Gasteiger partial charge in [-0.3, -0.25) is 10.2 Å². The summed E-state index contributed by atoms with van der Waals surface area (Å²) in [7, 11) is 0. The lowest BCUT2D eigenvalue weighted by Gasteiger charge is -2.21. The van der Waals surface area contributed by atoms with Crippen LogP contribution in [0.4, 0.5) is 0 Å². The molecule has 0 saturated heterocycles. The van der Waals surface area contributed by atoms with Gasteiger partial charge in [-0.2, -0.15) is 11.8 Å². The second kappa shape index (κ2) is 5.40. The maximum Gasteiger partial charge on any atom is 0.240 e. The summed E-state index contributed by atoms with van der Waals surface area (Å²) in [6.07, 6.45) is 0. The third-order valence-corrected chi connectivity index (χ3v) is 2.92. The normalized spacial score (nSPS) is 11.3. The minimum atomic E-state index is -0.408. The quantitative estimate of drug-likeness (QED) is 0.241. The Hall–Kier alpha value is -0.260. The molecule has 0 atom stereocenters. The molecule has 5 heteroatoms. The number of nitrogens with two attached hydrogens (primary N) is 2. The highest BCUT2D eigenvalue weighted by atomic mass is 32.2. The number of nitrogens with one attached hydrogen (secondary N) is 1. The van der Waals surface area contributed by atoms with Crippen molar-refractivity contribution < 1.29 is 4.79 Å². The van der Waals surface area contributed by atoms with Crippen molar-refractivity contribution in [2.75, 3.05) is 18.1 Å². The Morgan fingerprint density at radius 3 is 2.58 bits per heavy atom. The van der Waals surface area contributed by atoms with Gasteiger partial charge >= 0.3 is 0 Å². The van der Waals surface area contributed by atoms with Crippen LogP contribution in [-0.4, -0.2) is 24.0 Å². The molecule has 1 amide bonds. The van der Waals surface area contributed by atoms with Gasteiger partial charge in [0.25, 0.3) is 0 Å². The van der Waals surface area contributed by atoms with Crippen LogP contribution in [0.1, 0.15) is 13.8 Å². The van der Waals surface area contributed by atoms with Crippen LogP contribution in [0.2, 0.25) is 0 Å². The van der Waals surface area contributed by atoms with E-state index in [1.54, 1.807) is 11.8 Å². The smallest absolute Gasteiger partial charge is 0.240 e. The molecule has 0 rings (SSSR count). The van der Waals surface area contributed by atoms with Crippen LogP contribution in [0.25, 0.3) is 0 Å². The number of hydrogen-bond acceptors (Lipinski definition) is 4. The second-order valence-electron chi connectivity index (χ2n) is 3.20. The van der Waals surface area contributed by atoms with E-state index in [0.717, 1.165) is 11.5 Å². The molecule has 12 heavy (non-hydrogen) atoms. The zero-order valence-electron chi connectivity index (χ0n) is 7.59. The fourth-order valence-corrected chi connectivity index (χ4v) is 1.62. The highest BCUT2D eigenvalue weighted by Crippen LogP contribution is 2.21. The first-order valence-corrected chi connectivity index (χ1v) is 4.99. The van der Waals surface area contributed by atoms with Crippen molar-refractivity contribution in [2.24, 2.45) is 17.0 Å². The summed E-state index contributed by atoms with van der Waals surface area (Å²) in [5.74, 6) is 6.52. The van der Waals surface area contributed by atoms with Gasteiger partial charge in [0, 0.05) is 18.1 Å². The Morgan fingerprint density at radius 2 is 2.17 bits per heavy atom. The number of hydrogen-bond donors (Lipinski definition) is 3. The van der Waals surface area contributed by atoms with Crippen LogP contribution >= 0.6 is 11.8 Å². The van der Waals surface area contributed by atoms with Gasteiger partial charge in [0.15, 0.2) is 0 Å². The number of thioether (sulfide) groups is 1. The van der Waals surface area contributed by atoms with E-state index >= 15 is 0 Å². The van der Waals surface area contributed by atoms with Crippen LogP contribution in [-0.2, 0) is 4.79 Å². The van der Waals surface area contributed by atoms with Gasteiger partial charge < -0.3 is 5.73 Å². The van der Waals surface area contributed by atoms with Crippen molar-refractivity contribution in [1.82, 2.24) is 5.43 Å². The molecule has 72 valence electrons. The molecule has 0 spiro atoms. The molecule has 0 saturated carbocycles. The third kappa shape index (κ3) is 3.94. The first-order chi connectivity index (χ1) is 5.54. The predicted molar refractivity (Wildman–Crippen MR) is 52.5 cm³/mol. The molecule has 0 fully saturated rings. The highest BCUT2D eigenvalue weighted by Gasteiger charge is 2.26. The standard InChI is InChI=1S/C7H17N3OS/c1-7(2,6(11)10-9)5-12-4-3-8/h3-5,8-9H2,1-2H3,(H,10,11). The average molecular weight is 191 g/mol. The van der Waals surface area contributed by atoms with Gasteiger partial charge in [-0.05, 0) is 0 Å². The summed E-state index contributed by atoms with van der Waals surface area (Å²) in [5.41, 5.74) is 7.06. The van der Waals surface area contributed by atoms with Gasteiger partial charge in [-0.1, -0.05) is 13.8 Å². The Morgan fingerprint density at radius 1 is 1.58 bits per heavy atom. The number of carbonyl (C=O) groups is 1. The van der Waals surface area contributed by atoms with Crippen LogP contribution < -0.4 is 17.0 Å². The summed E-state index contributed by atoms with van der Waals surface area (Å²) in [6, 6.07) is 0. The summed E-state index contributed by atoms with van der Waals surface area (Å²) in [6.45, 7) is 4.36. The second-order valence-corrected chi connectivity index (χ2v) is 4.30. The lowest BCUT2D eigenvalue weighted by molar-refractivity contribution is -0.128. The Bertz CT molecular complexity index is 150. The van der Waals surface area contributed by atoms with E-state index in [2.05, 4.69) is 5.43 Å². The molecule has 0 unspecified atom stereocenters. The maximum absolute atomic E-state index is 11.1. The van der Waals surface area contributed by atoms with Crippen molar-refractivity contribution in [1.29, 1.82) is 0 Å². The number of hydrazine groups is 1. The molecule has 5 N–H and O–H groups in total. The van der Waals surface area contributed by atoms with E-state index in [4.69, 9.17) is 11.6 Å². The molecule has 0 aromatic heterocycles. The van der Waals surface area contributed by atoms with E-state index in [1.807, 2.05) is 13.8 Å². The third-order valence-electron chi connectivity index (χ3n) is 1.47. The van der Waals surface area contributed by atoms with Crippen LogP contribution in [0.5, 0.6) is 0 Å². The minimum Gasteiger partial charge on any atom is -0.330 e. The molecule has 0 bridgehead atoms. The van der Waals surface area contributed by atoms with Gasteiger partial charge in [-0.25, -0.2) is 5.84 Å². The van der Waals surface area contributed by atoms with E-state index in [9.17, 15) is 4.79 Å². The number of amides is 1. The Labute approximate surface area is 77.4 Å². The Balaban J connectivity index is 3.78. The molecular weight excluding hydrogens is 174 g/mol. The fourth-order valence-electron chi connectivity index (χ4n) is 0.672. The molecule has 0 aliphatic rings. The highest BCUT2D eigenvalue weighted by molar-refractivity contribution is 7.99. The van der Waals surface area contributed by atoms with E-state index in [1.165, 1.54) is 0 Å². The van der Waals surface area contributed by atoms with Gasteiger partial charge in [0.2, 0.25) is 5.91 Å². The zero-order valence-corrected chi connectivity index (χ0v) is 8.41. The first-order valence-electron chi connectivity index (χ1n) is 3.83. The van der Waals surface area contributed by atoms with Crippen LogP contribution in [0.15, 0.2) is 0 Å². The largest absolute Gasteiger partial charge is 0.330 e. The molecular formula is C7H17N3OS. The van der Waals surface area contributed by atoms with Gasteiger partial charge in [0.05, 0.1) is 5.41 Å². The van der Waals surface area contributed by atoms with E-state index in [-0.39, 0.29) is 5.91 Å². The topological polar surface area (TPSA) is 81.1 Å². The Kier molecular flexibility index (Phi) is 5.28. The summed E-state index contributed by atoms with van der Waals surface area (Å²) >= 11 is 1.66. The number of carbonyl (C=O) groups excluding carboxylic acids is 1. The maximum atomic E-state index is 11.1. The molecule has 0 aromatic carbocycles. The van der Waals surface area contributed by atoms with Crippen molar-refractivity contribution in [3.05, 3.63) is 0 Å². The molecule has 0 aliphatic carbocycles. The van der Waals surface area contributed by atoms with Crippen LogP contribution in [0, 0.1) is 5.41 Å². The lowest BCUT2D eigenvalue weighted by atomic mass is 9.96. The first kappa shape index (κ1) is 11.7. The minimum absolute atomic E-state index is 0.132. The van der Waals surface area contributed by atoms with Crippen molar-refractivity contribution in [2.45, 2.75) is 13.8 Å². The van der Waals surface area contributed by atoms with Gasteiger partial charge in [-0.15, -0.1) is 0 Å². The average Bonchev–Trinajstić information content (AvgIpc) is 2.03. The molecule has 0 radical (unpaired) electrons. The summed E-state index contributed by atoms with van der Waals surface area (Å²) < 4.78 is 0. The van der Waals surface area contributed by atoms with E-state index in [0.29, 0.717) is 6.54 Å². The molecule has 0 aliphatic heterocycles. The SMILES string of the molecule is CC(C)(CSCCN)C(=O)NN. The zero-order chi connectivity index (χ0) is 9.61. The van der Waals surface area contributed by atoms with Crippen molar-refractivity contribution in [3.63, 3.8) is 0 Å². The summed E-state index contributed by atoms with van der Waals surface area (Å²) in [4.78, 5) is 11.1. The monoisotopic (exact) mass is 191 g/mol. The van der Waals surface area contributed by atoms with E-state index < -0.39 is 5.41 Å². The fraction of sp³-hybridized carbons (Fsp3) is 0.857. The van der Waals surface area contributed by atoms with Crippen molar-refractivity contribution >= 4 is 17.7 Å². The predicted octanol–water partition coefficient (Wildman–Crippen LogP) is -0.306. The molecule has 4 nitrogen and oxygen atoms in total. The van der Waals surface area contributed by atoms with Crippen LogP contribution in [0.3, 0.4) is 0 Å². The molecule has 0 aromatic rings. The molecule has 0 heterocycles. The number of rotatable bonds is 5.